The first-order valence-electron chi connectivity index (χ1n) is 6.00. The molecule has 0 atom stereocenters. The van der Waals surface area contributed by atoms with Gasteiger partial charge >= 0.3 is 6.18 Å². The molecular weight excluding hydrogens is 293 g/mol. The molecule has 1 saturated heterocycles. The minimum atomic E-state index is -4.39. The number of amides is 1. The van der Waals surface area contributed by atoms with E-state index in [2.05, 4.69) is 5.32 Å². The van der Waals surface area contributed by atoms with Crippen molar-refractivity contribution in [1.29, 1.82) is 0 Å². The fourth-order valence-corrected chi connectivity index (χ4v) is 2.04. The molecule has 112 valence electrons. The molecule has 0 saturated carbocycles. The molecule has 3 nitrogen and oxygen atoms in total. The van der Waals surface area contributed by atoms with Crippen LogP contribution in [-0.4, -0.2) is 30.9 Å². The molecule has 0 radical (unpaired) electrons. The number of rotatable bonds is 3. The number of halogens is 4. The zero-order valence-corrected chi connectivity index (χ0v) is 11.7. The summed E-state index contributed by atoms with van der Waals surface area (Å²) < 4.78 is 38.5. The Hall–Kier alpha value is -1.27. The molecule has 2 rings (SSSR count). The van der Waals surface area contributed by atoms with Crippen LogP contribution in [0.4, 0.5) is 13.2 Å². The molecule has 0 bridgehead atoms. The van der Waals surface area contributed by atoms with Gasteiger partial charge in [-0.3, -0.25) is 4.79 Å². The Kier molecular flexibility index (Phi) is 5.42. The van der Waals surface area contributed by atoms with Crippen LogP contribution in [0.2, 0.25) is 0 Å². The summed E-state index contributed by atoms with van der Waals surface area (Å²) in [6.45, 7) is 1.18. The first-order chi connectivity index (χ1) is 8.89. The van der Waals surface area contributed by atoms with Gasteiger partial charge in [-0.25, -0.2) is 0 Å². The number of hydrogen-bond acceptors (Lipinski definition) is 2. The summed E-state index contributed by atoms with van der Waals surface area (Å²) in [5, 5.41) is 2.97. The second kappa shape index (κ2) is 6.45. The number of hydrogen-bond donors (Lipinski definition) is 1. The van der Waals surface area contributed by atoms with Crippen molar-refractivity contribution in [3.05, 3.63) is 35.4 Å². The Labute approximate surface area is 121 Å². The second-order valence-corrected chi connectivity index (χ2v) is 4.70. The van der Waals surface area contributed by atoms with Crippen molar-refractivity contribution in [2.45, 2.75) is 12.7 Å². The zero-order chi connectivity index (χ0) is 14.0. The summed E-state index contributed by atoms with van der Waals surface area (Å²) >= 11 is 0. The van der Waals surface area contributed by atoms with E-state index in [9.17, 15) is 18.0 Å². The van der Waals surface area contributed by atoms with Crippen LogP contribution in [-0.2, 0) is 17.5 Å². The lowest BCUT2D eigenvalue weighted by Crippen LogP contribution is -2.51. The van der Waals surface area contributed by atoms with Gasteiger partial charge < -0.3 is 10.2 Å². The molecule has 20 heavy (non-hydrogen) atoms. The van der Waals surface area contributed by atoms with Crippen LogP contribution in [0.1, 0.15) is 11.1 Å². The second-order valence-electron chi connectivity index (χ2n) is 4.70. The standard InChI is InChI=1S/C13H15F3N2O.ClH/c1-18(12(19)10-6-17-7-10)8-9-4-2-3-5-11(9)13(14,15)16;/h2-5,10,17H,6-8H2,1H3;1H. The van der Waals surface area contributed by atoms with E-state index in [1.54, 1.807) is 6.07 Å². The number of benzene rings is 1. The maximum absolute atomic E-state index is 12.8. The summed E-state index contributed by atoms with van der Waals surface area (Å²) in [7, 11) is 1.54. The lowest BCUT2D eigenvalue weighted by Gasteiger charge is -2.30. The SMILES string of the molecule is CN(Cc1ccccc1C(F)(F)F)C(=O)C1CNC1.Cl. The maximum atomic E-state index is 12.8. The van der Waals surface area contributed by atoms with Gasteiger partial charge in [0.1, 0.15) is 0 Å². The fraction of sp³-hybridized carbons (Fsp3) is 0.462. The van der Waals surface area contributed by atoms with Crippen LogP contribution in [0.15, 0.2) is 24.3 Å². The number of alkyl halides is 3. The Balaban J connectivity index is 0.00000200. The Bertz CT molecular complexity index is 475. The van der Waals surface area contributed by atoms with Crippen LogP contribution >= 0.6 is 12.4 Å². The van der Waals surface area contributed by atoms with Crippen LogP contribution in [0.25, 0.3) is 0 Å². The molecule has 1 amide bonds. The molecule has 1 aliphatic rings. The largest absolute Gasteiger partial charge is 0.416 e. The molecule has 1 heterocycles. The van der Waals surface area contributed by atoms with Crippen molar-refractivity contribution in [2.24, 2.45) is 5.92 Å². The summed E-state index contributed by atoms with van der Waals surface area (Å²) in [6, 6.07) is 5.35. The molecule has 0 aromatic heterocycles. The molecule has 7 heteroatoms. The molecule has 1 N–H and O–H groups in total. The van der Waals surface area contributed by atoms with Crippen LogP contribution in [0.5, 0.6) is 0 Å². The van der Waals surface area contributed by atoms with E-state index < -0.39 is 11.7 Å². The lowest BCUT2D eigenvalue weighted by molar-refractivity contribution is -0.141. The van der Waals surface area contributed by atoms with E-state index in [0.29, 0.717) is 13.1 Å². The minimum Gasteiger partial charge on any atom is -0.341 e. The van der Waals surface area contributed by atoms with Crippen molar-refractivity contribution in [3.8, 4) is 0 Å². The number of carbonyl (C=O) groups is 1. The van der Waals surface area contributed by atoms with E-state index in [4.69, 9.17) is 0 Å². The molecule has 1 aliphatic heterocycles. The zero-order valence-electron chi connectivity index (χ0n) is 10.9. The van der Waals surface area contributed by atoms with Crippen LogP contribution < -0.4 is 5.32 Å². The average molecular weight is 309 g/mol. The van der Waals surface area contributed by atoms with Crippen molar-refractivity contribution in [1.82, 2.24) is 10.2 Å². The third-order valence-electron chi connectivity index (χ3n) is 3.24. The first kappa shape index (κ1) is 16.8. The normalized spacial score (nSPS) is 15.2. The van der Waals surface area contributed by atoms with Crippen LogP contribution in [0, 0.1) is 5.92 Å². The van der Waals surface area contributed by atoms with Crippen molar-refractivity contribution >= 4 is 18.3 Å². The van der Waals surface area contributed by atoms with E-state index in [1.807, 2.05) is 0 Å². The third-order valence-corrected chi connectivity index (χ3v) is 3.24. The van der Waals surface area contributed by atoms with Gasteiger partial charge in [0, 0.05) is 26.7 Å². The third kappa shape index (κ3) is 3.64. The van der Waals surface area contributed by atoms with Gasteiger partial charge in [-0.1, -0.05) is 18.2 Å². The summed E-state index contributed by atoms with van der Waals surface area (Å²) in [5.41, 5.74) is -0.556. The molecule has 1 fully saturated rings. The van der Waals surface area contributed by atoms with Crippen molar-refractivity contribution in [3.63, 3.8) is 0 Å². The monoisotopic (exact) mass is 308 g/mol. The molecule has 0 spiro atoms. The molecular formula is C13H16ClF3N2O. The average Bonchev–Trinajstić information content (AvgIpc) is 2.25. The molecule has 1 aromatic rings. The minimum absolute atomic E-state index is 0. The predicted octanol–water partition coefficient (Wildman–Crippen LogP) is 2.31. The van der Waals surface area contributed by atoms with E-state index in [-0.39, 0.29) is 36.3 Å². The fourth-order valence-electron chi connectivity index (χ4n) is 2.04. The van der Waals surface area contributed by atoms with Crippen molar-refractivity contribution < 1.29 is 18.0 Å². The summed E-state index contributed by atoms with van der Waals surface area (Å²) in [4.78, 5) is 13.3. The van der Waals surface area contributed by atoms with E-state index in [0.717, 1.165) is 6.07 Å². The Morgan fingerprint density at radius 1 is 1.35 bits per heavy atom. The quantitative estimate of drug-likeness (QED) is 0.929. The first-order valence-corrected chi connectivity index (χ1v) is 6.00. The van der Waals surface area contributed by atoms with Gasteiger partial charge in [0.25, 0.3) is 0 Å². The molecule has 0 unspecified atom stereocenters. The maximum Gasteiger partial charge on any atom is 0.416 e. The van der Waals surface area contributed by atoms with Crippen molar-refractivity contribution in [2.75, 3.05) is 20.1 Å². The van der Waals surface area contributed by atoms with Crippen LogP contribution in [0.3, 0.4) is 0 Å². The number of carbonyl (C=O) groups excluding carboxylic acids is 1. The van der Waals surface area contributed by atoms with Gasteiger partial charge in [-0.05, 0) is 11.6 Å². The number of nitrogens with zero attached hydrogens (tertiary/aromatic N) is 1. The van der Waals surface area contributed by atoms with E-state index in [1.165, 1.54) is 24.1 Å². The Morgan fingerprint density at radius 2 is 1.95 bits per heavy atom. The summed E-state index contributed by atoms with van der Waals surface area (Å²) in [5.74, 6) is -0.223. The van der Waals surface area contributed by atoms with Gasteiger partial charge in [-0.2, -0.15) is 13.2 Å². The molecule has 1 aromatic carbocycles. The van der Waals surface area contributed by atoms with Gasteiger partial charge in [0.15, 0.2) is 0 Å². The highest BCUT2D eigenvalue weighted by Crippen LogP contribution is 2.32. The highest BCUT2D eigenvalue weighted by Gasteiger charge is 2.34. The smallest absolute Gasteiger partial charge is 0.341 e. The van der Waals surface area contributed by atoms with Gasteiger partial charge in [0.05, 0.1) is 11.5 Å². The van der Waals surface area contributed by atoms with E-state index >= 15 is 0 Å². The molecule has 0 aliphatic carbocycles. The van der Waals surface area contributed by atoms with Gasteiger partial charge in [-0.15, -0.1) is 12.4 Å². The summed E-state index contributed by atoms with van der Waals surface area (Å²) in [6.07, 6.45) is -4.39. The highest BCUT2D eigenvalue weighted by atomic mass is 35.5. The Morgan fingerprint density at radius 3 is 2.45 bits per heavy atom. The number of nitrogens with one attached hydrogen (secondary N) is 1. The predicted molar refractivity (Wildman–Crippen MR) is 71.5 cm³/mol. The highest BCUT2D eigenvalue weighted by molar-refractivity contribution is 5.85. The van der Waals surface area contributed by atoms with Gasteiger partial charge in [0.2, 0.25) is 5.91 Å². The lowest BCUT2D eigenvalue weighted by atomic mass is 10.0. The topological polar surface area (TPSA) is 32.3 Å².